The summed E-state index contributed by atoms with van der Waals surface area (Å²) in [6.45, 7) is -0.126. The van der Waals surface area contributed by atoms with Gasteiger partial charge < -0.3 is 25.4 Å². The second kappa shape index (κ2) is 8.83. The number of hydrogen-bond acceptors (Lipinski definition) is 6. The summed E-state index contributed by atoms with van der Waals surface area (Å²) in [6, 6.07) is 15.7. The third-order valence-electron chi connectivity index (χ3n) is 4.16. The van der Waals surface area contributed by atoms with Gasteiger partial charge >= 0.3 is 12.1 Å². The van der Waals surface area contributed by atoms with Crippen LogP contribution in [0.5, 0.6) is 0 Å². The van der Waals surface area contributed by atoms with Gasteiger partial charge in [-0.3, -0.25) is 0 Å². The molecular formula is C20H19NO6S. The van der Waals surface area contributed by atoms with Crippen molar-refractivity contribution >= 4 is 33.5 Å². The van der Waals surface area contributed by atoms with Crippen molar-refractivity contribution in [2.75, 3.05) is 6.54 Å². The first-order chi connectivity index (χ1) is 13.5. The highest BCUT2D eigenvalue weighted by Gasteiger charge is 2.22. The Bertz CT molecular complexity index is 971. The monoisotopic (exact) mass is 401 g/mol. The van der Waals surface area contributed by atoms with Gasteiger partial charge in [-0.1, -0.05) is 42.5 Å². The smallest absolute Gasteiger partial charge is 0.407 e. The van der Waals surface area contributed by atoms with Crippen molar-refractivity contribution in [3.63, 3.8) is 0 Å². The van der Waals surface area contributed by atoms with Gasteiger partial charge in [0.25, 0.3) is 0 Å². The molecule has 1 amide bonds. The van der Waals surface area contributed by atoms with Gasteiger partial charge in [0, 0.05) is 11.2 Å². The van der Waals surface area contributed by atoms with Crippen LogP contribution < -0.4 is 5.32 Å². The molecule has 0 radical (unpaired) electrons. The van der Waals surface area contributed by atoms with E-state index in [1.165, 1.54) is 6.07 Å². The molecule has 7 nitrogen and oxygen atoms in total. The molecular weight excluding hydrogens is 382 g/mol. The van der Waals surface area contributed by atoms with Gasteiger partial charge in [0.05, 0.1) is 0 Å². The number of hydrogen-bond donors (Lipinski definition) is 4. The number of carbonyl (C=O) groups is 2. The van der Waals surface area contributed by atoms with Gasteiger partial charge in [-0.15, -0.1) is 11.3 Å². The highest BCUT2D eigenvalue weighted by atomic mass is 32.1. The first-order valence-corrected chi connectivity index (χ1v) is 9.34. The molecule has 3 aromatic rings. The molecule has 28 heavy (non-hydrogen) atoms. The van der Waals surface area contributed by atoms with Gasteiger partial charge in [-0.05, 0) is 28.6 Å². The van der Waals surface area contributed by atoms with Crippen LogP contribution in [0.25, 0.3) is 10.1 Å². The predicted octanol–water partition coefficient (Wildman–Crippen LogP) is 2.92. The van der Waals surface area contributed by atoms with Crippen LogP contribution in [0.2, 0.25) is 0 Å². The predicted molar refractivity (Wildman–Crippen MR) is 104 cm³/mol. The van der Waals surface area contributed by atoms with Crippen molar-refractivity contribution in [1.82, 2.24) is 5.32 Å². The molecule has 0 aliphatic carbocycles. The van der Waals surface area contributed by atoms with Crippen LogP contribution in [0.3, 0.4) is 0 Å². The SMILES string of the molecule is O=C(NCC(O)C(O)c1cccc2sc(C(=O)O)cc12)OCc1ccccc1. The molecule has 0 fully saturated rings. The fourth-order valence-corrected chi connectivity index (χ4v) is 3.66. The van der Waals surface area contributed by atoms with E-state index in [1.54, 1.807) is 18.2 Å². The molecule has 0 aliphatic heterocycles. The number of aliphatic hydroxyl groups is 2. The lowest BCUT2D eigenvalue weighted by Gasteiger charge is -2.19. The van der Waals surface area contributed by atoms with Crippen LogP contribution in [-0.4, -0.2) is 40.0 Å². The lowest BCUT2D eigenvalue weighted by molar-refractivity contribution is 0.0192. The Morgan fingerprint density at radius 1 is 1.07 bits per heavy atom. The Hall–Kier alpha value is -2.94. The summed E-state index contributed by atoms with van der Waals surface area (Å²) < 4.78 is 5.75. The average molecular weight is 401 g/mol. The minimum Gasteiger partial charge on any atom is -0.477 e. The Morgan fingerprint density at radius 2 is 1.82 bits per heavy atom. The number of aliphatic hydroxyl groups excluding tert-OH is 2. The molecule has 3 rings (SSSR count). The van der Waals surface area contributed by atoms with E-state index in [-0.39, 0.29) is 18.0 Å². The Kier molecular flexibility index (Phi) is 6.25. The number of carboxylic acids is 1. The number of thiophene rings is 1. The van der Waals surface area contributed by atoms with Crippen molar-refractivity contribution < 1.29 is 29.6 Å². The number of rotatable bonds is 7. The standard InChI is InChI=1S/C20H19NO6S/c22-15(10-21-20(26)27-11-12-5-2-1-3-6-12)18(23)13-7-4-8-16-14(13)9-17(28-16)19(24)25/h1-9,15,18,22-23H,10-11H2,(H,21,26)(H,24,25). The summed E-state index contributed by atoms with van der Waals surface area (Å²) in [7, 11) is 0. The molecule has 2 unspecified atom stereocenters. The third kappa shape index (κ3) is 4.66. The van der Waals surface area contributed by atoms with E-state index in [4.69, 9.17) is 9.84 Å². The minimum absolute atomic E-state index is 0.0947. The lowest BCUT2D eigenvalue weighted by Crippen LogP contribution is -2.35. The number of carboxylic acid groups (broad SMARTS) is 1. The third-order valence-corrected chi connectivity index (χ3v) is 5.25. The molecule has 8 heteroatoms. The molecule has 0 bridgehead atoms. The lowest BCUT2D eigenvalue weighted by atomic mass is 10.0. The zero-order valence-electron chi connectivity index (χ0n) is 14.7. The van der Waals surface area contributed by atoms with Crippen LogP contribution in [0.1, 0.15) is 26.9 Å². The van der Waals surface area contributed by atoms with Gasteiger partial charge in [0.2, 0.25) is 0 Å². The summed E-state index contributed by atoms with van der Waals surface area (Å²) in [5.41, 5.74) is 1.23. The highest BCUT2D eigenvalue weighted by Crippen LogP contribution is 2.32. The molecule has 0 spiro atoms. The molecule has 0 saturated heterocycles. The van der Waals surface area contributed by atoms with Crippen LogP contribution >= 0.6 is 11.3 Å². The maximum atomic E-state index is 11.8. The van der Waals surface area contributed by atoms with Crippen molar-refractivity contribution in [3.8, 4) is 0 Å². The molecule has 2 atom stereocenters. The average Bonchev–Trinajstić information content (AvgIpc) is 3.15. The summed E-state index contributed by atoms with van der Waals surface area (Å²) in [4.78, 5) is 23.1. The molecule has 2 aromatic carbocycles. The number of aromatic carboxylic acids is 1. The zero-order chi connectivity index (χ0) is 20.1. The van der Waals surface area contributed by atoms with E-state index in [9.17, 15) is 19.8 Å². The van der Waals surface area contributed by atoms with E-state index >= 15 is 0 Å². The van der Waals surface area contributed by atoms with Crippen molar-refractivity contribution in [2.24, 2.45) is 0 Å². The Balaban J connectivity index is 1.60. The van der Waals surface area contributed by atoms with Crippen LogP contribution in [0.4, 0.5) is 4.79 Å². The summed E-state index contributed by atoms with van der Waals surface area (Å²) >= 11 is 1.09. The number of benzene rings is 2. The maximum absolute atomic E-state index is 11.8. The molecule has 146 valence electrons. The topological polar surface area (TPSA) is 116 Å². The number of nitrogens with one attached hydrogen (secondary N) is 1. The quantitative estimate of drug-likeness (QED) is 0.484. The van der Waals surface area contributed by atoms with Crippen molar-refractivity contribution in [1.29, 1.82) is 0 Å². The van der Waals surface area contributed by atoms with Crippen molar-refractivity contribution in [3.05, 3.63) is 70.6 Å². The first-order valence-electron chi connectivity index (χ1n) is 8.52. The van der Waals surface area contributed by atoms with Gasteiger partial charge in [-0.25, -0.2) is 9.59 Å². The number of amides is 1. The minimum atomic E-state index is -1.30. The first kappa shape index (κ1) is 19.8. The molecule has 0 aliphatic rings. The Labute approximate surface area is 164 Å². The zero-order valence-corrected chi connectivity index (χ0v) is 15.6. The van der Waals surface area contributed by atoms with Gasteiger partial charge in [0.1, 0.15) is 23.7 Å². The summed E-state index contributed by atoms with van der Waals surface area (Å²) in [6.07, 6.45) is -3.30. The molecule has 4 N–H and O–H groups in total. The molecule has 0 saturated carbocycles. The molecule has 1 aromatic heterocycles. The van der Waals surface area contributed by atoms with Gasteiger partial charge in [-0.2, -0.15) is 0 Å². The van der Waals surface area contributed by atoms with Crippen LogP contribution in [-0.2, 0) is 11.3 Å². The van der Waals surface area contributed by atoms with Crippen LogP contribution in [0, 0.1) is 0 Å². The highest BCUT2D eigenvalue weighted by molar-refractivity contribution is 7.20. The summed E-state index contributed by atoms with van der Waals surface area (Å²) in [5.74, 6) is -1.05. The normalized spacial score (nSPS) is 13.1. The number of carbonyl (C=O) groups excluding carboxylic acids is 1. The largest absolute Gasteiger partial charge is 0.477 e. The van der Waals surface area contributed by atoms with E-state index in [2.05, 4.69) is 5.32 Å². The molecule has 1 heterocycles. The fourth-order valence-electron chi connectivity index (χ4n) is 2.73. The number of fused-ring (bicyclic) bond motifs is 1. The maximum Gasteiger partial charge on any atom is 0.407 e. The van der Waals surface area contributed by atoms with E-state index in [0.29, 0.717) is 15.6 Å². The number of alkyl carbamates (subject to hydrolysis) is 1. The van der Waals surface area contributed by atoms with E-state index < -0.39 is 24.3 Å². The van der Waals surface area contributed by atoms with Gasteiger partial charge in [0.15, 0.2) is 0 Å². The summed E-state index contributed by atoms with van der Waals surface area (Å²) in [5, 5.41) is 32.8. The van der Waals surface area contributed by atoms with Crippen molar-refractivity contribution in [2.45, 2.75) is 18.8 Å². The Morgan fingerprint density at radius 3 is 2.54 bits per heavy atom. The second-order valence-corrected chi connectivity index (χ2v) is 7.21. The number of ether oxygens (including phenoxy) is 1. The van der Waals surface area contributed by atoms with E-state index in [0.717, 1.165) is 16.9 Å². The fraction of sp³-hybridized carbons (Fsp3) is 0.200. The van der Waals surface area contributed by atoms with E-state index in [1.807, 2.05) is 30.3 Å². The second-order valence-electron chi connectivity index (χ2n) is 6.13. The van der Waals surface area contributed by atoms with Crippen LogP contribution in [0.15, 0.2) is 54.6 Å².